The molecule has 1 aliphatic carbocycles. The van der Waals surface area contributed by atoms with Gasteiger partial charge in [-0.3, -0.25) is 4.99 Å². The Morgan fingerprint density at radius 2 is 1.81 bits per heavy atom. The fourth-order valence-corrected chi connectivity index (χ4v) is 4.35. The van der Waals surface area contributed by atoms with Crippen LogP contribution >= 0.6 is 0 Å². The van der Waals surface area contributed by atoms with Gasteiger partial charge in [-0.25, -0.2) is 9.97 Å². The molecule has 1 N–H and O–H groups in total. The van der Waals surface area contributed by atoms with Crippen molar-refractivity contribution < 1.29 is 13.2 Å². The average Bonchev–Trinajstić information content (AvgIpc) is 2.76. The van der Waals surface area contributed by atoms with E-state index in [1.165, 1.54) is 12.1 Å². The molecule has 0 bridgehead atoms. The van der Waals surface area contributed by atoms with Gasteiger partial charge in [-0.15, -0.1) is 0 Å². The van der Waals surface area contributed by atoms with E-state index in [0.29, 0.717) is 6.54 Å². The SMILES string of the molecule is CN=C(NCC1(c2cccc(C(F)(F)F)c2)CCC1)N1CCN(c2ncccn2)CC1. The molecule has 2 aromatic rings. The highest BCUT2D eigenvalue weighted by Gasteiger charge is 2.40. The Morgan fingerprint density at radius 3 is 2.39 bits per heavy atom. The van der Waals surface area contributed by atoms with Gasteiger partial charge >= 0.3 is 6.18 Å². The summed E-state index contributed by atoms with van der Waals surface area (Å²) in [6, 6.07) is 7.57. The van der Waals surface area contributed by atoms with Gasteiger partial charge in [-0.1, -0.05) is 24.6 Å². The molecule has 1 aromatic carbocycles. The van der Waals surface area contributed by atoms with E-state index in [0.717, 1.165) is 69.0 Å². The lowest BCUT2D eigenvalue weighted by atomic mass is 9.64. The molecule has 31 heavy (non-hydrogen) atoms. The molecule has 0 spiro atoms. The molecule has 166 valence electrons. The van der Waals surface area contributed by atoms with Gasteiger partial charge in [0.25, 0.3) is 0 Å². The normalized spacial score (nSPS) is 19.2. The third-order valence-electron chi connectivity index (χ3n) is 6.32. The number of halogens is 3. The second kappa shape index (κ2) is 8.72. The van der Waals surface area contributed by atoms with Crippen LogP contribution < -0.4 is 10.2 Å². The monoisotopic (exact) mass is 432 g/mol. The minimum Gasteiger partial charge on any atom is -0.355 e. The minimum absolute atomic E-state index is 0.281. The Balaban J connectivity index is 1.39. The zero-order chi connectivity index (χ0) is 21.9. The van der Waals surface area contributed by atoms with E-state index in [1.807, 2.05) is 6.07 Å². The van der Waals surface area contributed by atoms with E-state index in [1.54, 1.807) is 25.5 Å². The van der Waals surface area contributed by atoms with Crippen LogP contribution in [0.2, 0.25) is 0 Å². The maximum atomic E-state index is 13.2. The van der Waals surface area contributed by atoms with Crippen molar-refractivity contribution in [3.8, 4) is 0 Å². The summed E-state index contributed by atoms with van der Waals surface area (Å²) in [7, 11) is 1.74. The molecular weight excluding hydrogens is 405 g/mol. The number of benzene rings is 1. The molecule has 1 saturated carbocycles. The molecule has 2 fully saturated rings. The highest BCUT2D eigenvalue weighted by molar-refractivity contribution is 5.80. The van der Waals surface area contributed by atoms with Gasteiger partial charge in [-0.2, -0.15) is 13.2 Å². The topological polar surface area (TPSA) is 56.7 Å². The third kappa shape index (κ3) is 4.60. The van der Waals surface area contributed by atoms with Crippen LogP contribution in [0.4, 0.5) is 19.1 Å². The van der Waals surface area contributed by atoms with E-state index in [2.05, 4.69) is 30.1 Å². The number of hydrogen-bond donors (Lipinski definition) is 1. The Hall–Kier alpha value is -2.84. The molecule has 1 aromatic heterocycles. The minimum atomic E-state index is -4.33. The Labute approximate surface area is 180 Å². The summed E-state index contributed by atoms with van der Waals surface area (Å²) >= 11 is 0. The largest absolute Gasteiger partial charge is 0.416 e. The first kappa shape index (κ1) is 21.4. The number of anilines is 1. The van der Waals surface area contributed by atoms with Crippen molar-refractivity contribution in [1.29, 1.82) is 0 Å². The van der Waals surface area contributed by atoms with Crippen LogP contribution in [0.15, 0.2) is 47.7 Å². The zero-order valence-electron chi connectivity index (χ0n) is 17.6. The molecule has 2 aliphatic rings. The average molecular weight is 432 g/mol. The molecule has 0 unspecified atom stereocenters. The molecule has 4 rings (SSSR count). The number of aromatic nitrogens is 2. The molecule has 2 heterocycles. The first-order valence-electron chi connectivity index (χ1n) is 10.6. The van der Waals surface area contributed by atoms with E-state index in [-0.39, 0.29) is 5.41 Å². The number of rotatable bonds is 4. The van der Waals surface area contributed by atoms with Crippen LogP contribution in [0.1, 0.15) is 30.4 Å². The molecule has 0 atom stereocenters. The lowest BCUT2D eigenvalue weighted by Crippen LogP contribution is -2.55. The van der Waals surface area contributed by atoms with Crippen molar-refractivity contribution in [3.05, 3.63) is 53.9 Å². The Kier molecular flexibility index (Phi) is 6.02. The van der Waals surface area contributed by atoms with Gasteiger partial charge in [0.05, 0.1) is 5.56 Å². The van der Waals surface area contributed by atoms with E-state index in [9.17, 15) is 13.2 Å². The number of piperazine rings is 1. The smallest absolute Gasteiger partial charge is 0.355 e. The summed E-state index contributed by atoms with van der Waals surface area (Å²) in [5.74, 6) is 1.51. The van der Waals surface area contributed by atoms with Crippen molar-refractivity contribution in [2.24, 2.45) is 4.99 Å². The number of nitrogens with one attached hydrogen (secondary N) is 1. The van der Waals surface area contributed by atoms with E-state index < -0.39 is 11.7 Å². The molecule has 0 amide bonds. The first-order chi connectivity index (χ1) is 14.9. The van der Waals surface area contributed by atoms with Crippen LogP contribution in [0.25, 0.3) is 0 Å². The lowest BCUT2D eigenvalue weighted by molar-refractivity contribution is -0.137. The Bertz CT molecular complexity index is 903. The van der Waals surface area contributed by atoms with Crippen LogP contribution in [0, 0.1) is 0 Å². The summed E-state index contributed by atoms with van der Waals surface area (Å²) in [6.07, 6.45) is 1.91. The highest BCUT2D eigenvalue weighted by Crippen LogP contribution is 2.44. The summed E-state index contributed by atoms with van der Waals surface area (Å²) < 4.78 is 39.6. The van der Waals surface area contributed by atoms with Crippen LogP contribution in [0.5, 0.6) is 0 Å². The first-order valence-corrected chi connectivity index (χ1v) is 10.6. The predicted octanol–water partition coefficient (Wildman–Crippen LogP) is 3.31. The third-order valence-corrected chi connectivity index (χ3v) is 6.32. The van der Waals surface area contributed by atoms with Gasteiger partial charge in [0, 0.05) is 57.6 Å². The van der Waals surface area contributed by atoms with Gasteiger partial charge in [0.2, 0.25) is 5.95 Å². The van der Waals surface area contributed by atoms with Gasteiger partial charge in [0.15, 0.2) is 5.96 Å². The molecule has 1 aliphatic heterocycles. The predicted molar refractivity (Wildman–Crippen MR) is 114 cm³/mol. The summed E-state index contributed by atoms with van der Waals surface area (Å²) in [5, 5.41) is 3.44. The molecule has 1 saturated heterocycles. The number of hydrogen-bond acceptors (Lipinski definition) is 4. The maximum Gasteiger partial charge on any atom is 0.416 e. The fraction of sp³-hybridized carbons (Fsp3) is 0.500. The fourth-order valence-electron chi connectivity index (χ4n) is 4.35. The van der Waals surface area contributed by atoms with Gasteiger partial charge in [-0.05, 0) is 30.5 Å². The number of guanidine groups is 1. The number of aliphatic imine (C=N–C) groups is 1. The second-order valence-electron chi connectivity index (χ2n) is 8.14. The Morgan fingerprint density at radius 1 is 1.10 bits per heavy atom. The van der Waals surface area contributed by atoms with Crippen molar-refractivity contribution in [2.45, 2.75) is 30.9 Å². The highest BCUT2D eigenvalue weighted by atomic mass is 19.4. The van der Waals surface area contributed by atoms with Gasteiger partial charge < -0.3 is 15.1 Å². The summed E-state index contributed by atoms with van der Waals surface area (Å²) in [5.41, 5.74) is -0.112. The van der Waals surface area contributed by atoms with Crippen LogP contribution in [0.3, 0.4) is 0 Å². The molecule has 0 radical (unpaired) electrons. The molecule has 9 heteroatoms. The van der Waals surface area contributed by atoms with Crippen molar-refractivity contribution >= 4 is 11.9 Å². The maximum absolute atomic E-state index is 13.2. The zero-order valence-corrected chi connectivity index (χ0v) is 17.6. The quantitative estimate of drug-likeness (QED) is 0.594. The number of nitrogens with zero attached hydrogens (tertiary/aromatic N) is 5. The van der Waals surface area contributed by atoms with Crippen LogP contribution in [-0.4, -0.2) is 60.6 Å². The standard InChI is InChI=1S/C22H27F3N6/c1-26-19(30-11-13-31(14-12-30)20-27-9-4-10-28-20)29-16-21(7-3-8-21)17-5-2-6-18(15-17)22(23,24)25/h2,4-6,9-10,15H,3,7-8,11-14,16H2,1H3,(H,26,29). The molecular formula is C22H27F3N6. The second-order valence-corrected chi connectivity index (χ2v) is 8.14. The van der Waals surface area contributed by atoms with Crippen molar-refractivity contribution in [3.63, 3.8) is 0 Å². The summed E-state index contributed by atoms with van der Waals surface area (Å²) in [6.45, 7) is 3.68. The van der Waals surface area contributed by atoms with Gasteiger partial charge in [0.1, 0.15) is 0 Å². The van der Waals surface area contributed by atoms with Crippen molar-refractivity contribution in [1.82, 2.24) is 20.2 Å². The number of alkyl halides is 3. The lowest BCUT2D eigenvalue weighted by Gasteiger charge is -2.44. The van der Waals surface area contributed by atoms with Crippen molar-refractivity contribution in [2.75, 3.05) is 44.7 Å². The van der Waals surface area contributed by atoms with Crippen LogP contribution in [-0.2, 0) is 11.6 Å². The molecule has 6 nitrogen and oxygen atoms in total. The summed E-state index contributed by atoms with van der Waals surface area (Å²) in [4.78, 5) is 17.4. The van der Waals surface area contributed by atoms with E-state index in [4.69, 9.17) is 0 Å². The van der Waals surface area contributed by atoms with E-state index >= 15 is 0 Å².